The van der Waals surface area contributed by atoms with Crippen LogP contribution in [-0.2, 0) is 23.1 Å². The zero-order chi connectivity index (χ0) is 49.1. The molecule has 0 radical (unpaired) electrons. The maximum Gasteiger partial charge on any atom is 0.407 e. The average Bonchev–Trinajstić information content (AvgIpc) is 4.16. The predicted molar refractivity (Wildman–Crippen MR) is 250 cm³/mol. The lowest BCUT2D eigenvalue weighted by Crippen LogP contribution is -2.47. The average molecular weight is 969 g/mol. The minimum absolute atomic E-state index is 0.0910. The van der Waals surface area contributed by atoms with Crippen LogP contribution in [0, 0.1) is 13.8 Å². The largest absolute Gasteiger partial charge is 0.443 e. The molecule has 24 heteroatoms. The lowest BCUT2D eigenvalue weighted by molar-refractivity contribution is -0.640. The molecule has 6 atom stereocenters. The number of hydrogen-bond acceptors (Lipinski definition) is 13. The number of anilines is 4. The highest BCUT2D eigenvalue weighted by Gasteiger charge is 2.42. The Morgan fingerprint density at radius 3 is 2.36 bits per heavy atom. The van der Waals surface area contributed by atoms with E-state index >= 15 is 8.78 Å². The van der Waals surface area contributed by atoms with E-state index in [0.29, 0.717) is 82.7 Å². The fraction of sp³-hybridized carbons (Fsp3) is 0.500. The number of nitrogens with one attached hydrogen (secondary N) is 6. The first kappa shape index (κ1) is 46.5. The number of alkyl carbamates (subject to hydrolysis) is 2. The summed E-state index contributed by atoms with van der Waals surface area (Å²) in [5, 5.41) is 27.5. The van der Waals surface area contributed by atoms with E-state index in [1.54, 1.807) is 66.1 Å². The van der Waals surface area contributed by atoms with Crippen LogP contribution >= 0.6 is 0 Å². The van der Waals surface area contributed by atoms with E-state index in [-0.39, 0.29) is 43.9 Å². The molecule has 0 bridgehead atoms. The Balaban J connectivity index is 1.02. The van der Waals surface area contributed by atoms with Crippen LogP contribution in [0.3, 0.4) is 0 Å². The van der Waals surface area contributed by atoms with Crippen LogP contribution in [0.4, 0.5) is 46.3 Å². The number of amides is 2. The SMILES string of the molecule is Cc1cnn(C)c1-c1c(C)nc(Nc2cc([C@H]3C[C@@H](F)[C@@H](OC(=O)NC(C)C)C3)[nH][n+]2-c2cnc(Nc3cc([C@H]4CC[C@@H](OC(=O)NC(C)C)[C@@H]4F)[nH]n3)n3cc(CN4CC(F)C4)nc23)n2ccnc12. The van der Waals surface area contributed by atoms with Crippen LogP contribution in [0.2, 0.25) is 0 Å². The Morgan fingerprint density at radius 1 is 0.886 bits per heavy atom. The van der Waals surface area contributed by atoms with Crippen molar-refractivity contribution in [1.29, 1.82) is 0 Å². The topological polar surface area (TPSA) is 231 Å². The Labute approximate surface area is 399 Å². The van der Waals surface area contributed by atoms with Crippen molar-refractivity contribution in [3.8, 4) is 16.9 Å². The van der Waals surface area contributed by atoms with Crippen molar-refractivity contribution in [3.05, 3.63) is 71.5 Å². The van der Waals surface area contributed by atoms with Crippen molar-refractivity contribution in [3.63, 3.8) is 0 Å². The van der Waals surface area contributed by atoms with Crippen LogP contribution < -0.4 is 25.9 Å². The molecule has 2 saturated carbocycles. The molecule has 0 spiro atoms. The molecule has 7 aromatic heterocycles. The number of halogens is 3. The Kier molecular flexibility index (Phi) is 12.3. The van der Waals surface area contributed by atoms with Gasteiger partial charge in [-0.2, -0.15) is 15.2 Å². The summed E-state index contributed by atoms with van der Waals surface area (Å²) in [6.07, 6.45) is 2.89. The molecule has 1 aliphatic heterocycles. The smallest absolute Gasteiger partial charge is 0.407 e. The summed E-state index contributed by atoms with van der Waals surface area (Å²) >= 11 is 0. The molecule has 6 N–H and O–H groups in total. The molecule has 1 saturated heterocycles. The summed E-state index contributed by atoms with van der Waals surface area (Å²) in [5.74, 6) is 0.644. The molecular formula is C46H57F3N17O4+. The Hall–Kier alpha value is -7.24. The van der Waals surface area contributed by atoms with Gasteiger partial charge in [0.15, 0.2) is 17.1 Å². The van der Waals surface area contributed by atoms with Gasteiger partial charge in [-0.05, 0) is 72.8 Å². The number of carbonyl (C=O) groups excluding carboxylic acids is 2. The fourth-order valence-corrected chi connectivity index (χ4v) is 9.82. The fourth-order valence-electron chi connectivity index (χ4n) is 9.82. The number of rotatable bonds is 14. The number of aryl methyl sites for hydroxylation is 3. The molecule has 3 fully saturated rings. The third-order valence-electron chi connectivity index (χ3n) is 13.1. The summed E-state index contributed by atoms with van der Waals surface area (Å²) in [6.45, 7) is 12.0. The van der Waals surface area contributed by atoms with Crippen LogP contribution in [0.25, 0.3) is 28.2 Å². The van der Waals surface area contributed by atoms with Crippen molar-refractivity contribution in [1.82, 2.24) is 69.3 Å². The molecular weight excluding hydrogens is 912 g/mol. The van der Waals surface area contributed by atoms with Crippen molar-refractivity contribution in [2.75, 3.05) is 23.7 Å². The standard InChI is InChI=1S/C46H56F3N17O4/c1-22(2)53-45(67)69-34-9-8-29(39(34)49)32-14-36(60-59-32)57-43-51-17-33(41-56-28(21-65(41)43)20-63-18-27(47)19-63)66-37(15-31(61-66)26-12-30(48)35(13-26)70-46(68)54-23(3)4)58-44-55-25(6)38(42-50-10-11-64(42)44)40-24(5)16-52-62(40)7/h10-11,14-17,21-23,26-27,29-30,34-35,39H,8-9,12-13,18-20H2,1-7H3,(H5,50,51,52,53,54,55,56,57,58,59,60,61,67,68)/p+1/t26-,29+,30+,34+,35-,39+/m0/s1. The third-order valence-corrected chi connectivity index (χ3v) is 13.1. The summed E-state index contributed by atoms with van der Waals surface area (Å²) in [6, 6.07) is 3.25. The van der Waals surface area contributed by atoms with Crippen LogP contribution in [-0.4, -0.2) is 127 Å². The molecule has 8 heterocycles. The maximum absolute atomic E-state index is 15.7. The molecule has 7 aromatic rings. The monoisotopic (exact) mass is 968 g/mol. The highest BCUT2D eigenvalue weighted by molar-refractivity contribution is 5.81. The first-order chi connectivity index (χ1) is 33.6. The minimum atomic E-state index is -1.45. The van der Waals surface area contributed by atoms with Gasteiger partial charge < -0.3 is 25.4 Å². The van der Waals surface area contributed by atoms with Gasteiger partial charge >= 0.3 is 24.0 Å². The van der Waals surface area contributed by atoms with Gasteiger partial charge in [0, 0.05) is 81.0 Å². The van der Waals surface area contributed by atoms with Gasteiger partial charge in [-0.15, -0.1) is 4.68 Å². The van der Waals surface area contributed by atoms with Crippen molar-refractivity contribution in [2.24, 2.45) is 7.05 Å². The molecule has 0 aromatic carbocycles. The molecule has 2 amide bonds. The number of H-pyrrole nitrogens is 2. The lowest BCUT2D eigenvalue weighted by atomic mass is 10.0. The summed E-state index contributed by atoms with van der Waals surface area (Å²) in [4.78, 5) is 46.6. The summed E-state index contributed by atoms with van der Waals surface area (Å²) in [7, 11) is 1.87. The zero-order valence-corrected chi connectivity index (χ0v) is 39.9. The van der Waals surface area contributed by atoms with Crippen molar-refractivity contribution >= 4 is 47.0 Å². The second-order valence-corrected chi connectivity index (χ2v) is 19.2. The molecule has 21 nitrogen and oxygen atoms in total. The van der Waals surface area contributed by atoms with E-state index in [9.17, 15) is 14.0 Å². The van der Waals surface area contributed by atoms with Gasteiger partial charge in [0.25, 0.3) is 0 Å². The highest BCUT2D eigenvalue weighted by Crippen LogP contribution is 2.40. The van der Waals surface area contributed by atoms with Gasteiger partial charge in [0.05, 0.1) is 46.8 Å². The molecule has 0 unspecified atom stereocenters. The van der Waals surface area contributed by atoms with Crippen LogP contribution in [0.1, 0.15) is 93.6 Å². The van der Waals surface area contributed by atoms with E-state index in [4.69, 9.17) is 29.4 Å². The number of aromatic amines is 2. The molecule has 2 aliphatic carbocycles. The number of alkyl halides is 3. The minimum Gasteiger partial charge on any atom is -0.443 e. The van der Waals surface area contributed by atoms with Gasteiger partial charge in [-0.25, -0.2) is 52.5 Å². The third kappa shape index (κ3) is 9.06. The normalized spacial score (nSPS) is 21.8. The number of aromatic nitrogens is 12. The Bertz CT molecular complexity index is 3040. The van der Waals surface area contributed by atoms with Crippen LogP contribution in [0.15, 0.2) is 43.1 Å². The van der Waals surface area contributed by atoms with Gasteiger partial charge in [0.2, 0.25) is 11.6 Å². The highest BCUT2D eigenvalue weighted by atomic mass is 19.1. The molecule has 3 aliphatic rings. The number of nitrogens with zero attached hydrogens (tertiary/aromatic N) is 11. The second kappa shape index (κ2) is 18.6. The summed E-state index contributed by atoms with van der Waals surface area (Å²) in [5.41, 5.74) is 6.77. The number of imidazole rings is 2. The Morgan fingerprint density at radius 2 is 1.64 bits per heavy atom. The van der Waals surface area contributed by atoms with Crippen molar-refractivity contribution < 1.29 is 36.9 Å². The first-order valence-corrected chi connectivity index (χ1v) is 23.6. The lowest BCUT2D eigenvalue weighted by Gasteiger charge is -2.33. The molecule has 70 heavy (non-hydrogen) atoms. The molecule has 10 rings (SSSR count). The number of ether oxygens (including phenoxy) is 2. The van der Waals surface area contributed by atoms with Gasteiger partial charge in [0.1, 0.15) is 30.7 Å². The quantitative estimate of drug-likeness (QED) is 0.0669. The second-order valence-electron chi connectivity index (χ2n) is 19.2. The number of fused-ring (bicyclic) bond motifs is 2. The first-order valence-electron chi connectivity index (χ1n) is 23.6. The van der Waals surface area contributed by atoms with Crippen molar-refractivity contribution in [2.45, 2.75) is 128 Å². The number of hydrogen-bond donors (Lipinski definition) is 6. The van der Waals surface area contributed by atoms with E-state index in [2.05, 4.69) is 41.7 Å². The van der Waals surface area contributed by atoms with Gasteiger partial charge in [-0.1, -0.05) is 0 Å². The van der Waals surface area contributed by atoms with Crippen LogP contribution in [0.5, 0.6) is 0 Å². The van der Waals surface area contributed by atoms with E-state index in [0.717, 1.165) is 16.8 Å². The molecule has 370 valence electrons. The predicted octanol–water partition coefficient (Wildman–Crippen LogP) is 6.20. The van der Waals surface area contributed by atoms with E-state index < -0.39 is 48.8 Å². The van der Waals surface area contributed by atoms with E-state index in [1.807, 2.05) is 48.7 Å². The summed E-state index contributed by atoms with van der Waals surface area (Å²) < 4.78 is 63.7. The van der Waals surface area contributed by atoms with E-state index in [1.165, 1.54) is 0 Å². The van der Waals surface area contributed by atoms with Gasteiger partial charge in [-0.3, -0.25) is 19.1 Å². The number of likely N-dealkylation sites (tertiary alicyclic amines) is 1. The number of carbonyl (C=O) groups is 2. The zero-order valence-electron chi connectivity index (χ0n) is 39.9. The maximum atomic E-state index is 15.7.